The van der Waals surface area contributed by atoms with Gasteiger partial charge in [-0.2, -0.15) is 0 Å². The van der Waals surface area contributed by atoms with E-state index in [9.17, 15) is 13.2 Å². The molecule has 2 N–H and O–H groups in total. The monoisotopic (exact) mass is 220 g/mol. The van der Waals surface area contributed by atoms with Gasteiger partial charge in [-0.1, -0.05) is 0 Å². The molecule has 5 nitrogen and oxygen atoms in total. The van der Waals surface area contributed by atoms with Crippen LogP contribution < -0.4 is 5.73 Å². The van der Waals surface area contributed by atoms with E-state index in [1.807, 2.05) is 0 Å². The minimum Gasteiger partial charge on any atom is -0.337 e. The smallest absolute Gasteiger partial charge is 0.239 e. The zero-order chi connectivity index (χ0) is 10.9. The Bertz CT molecular complexity index is 323. The Morgan fingerprint density at radius 2 is 2.14 bits per heavy atom. The Kier molecular flexibility index (Phi) is 3.16. The van der Waals surface area contributed by atoms with E-state index in [0.717, 1.165) is 0 Å². The average molecular weight is 220 g/mol. The minimum atomic E-state index is -2.96. The first kappa shape index (κ1) is 11.5. The maximum atomic E-state index is 11.5. The zero-order valence-electron chi connectivity index (χ0n) is 8.43. The van der Waals surface area contributed by atoms with E-state index in [0.29, 0.717) is 0 Å². The number of rotatable bonds is 1. The maximum Gasteiger partial charge on any atom is 0.239 e. The molecule has 0 aromatic rings. The fourth-order valence-electron chi connectivity index (χ4n) is 1.59. The molecule has 2 atom stereocenters. The van der Waals surface area contributed by atoms with Crippen LogP contribution in [0.25, 0.3) is 0 Å². The highest BCUT2D eigenvalue weighted by Crippen LogP contribution is 2.12. The fraction of sp³-hybridized carbons (Fsp3) is 0.875. The van der Waals surface area contributed by atoms with Crippen molar-refractivity contribution in [3.05, 3.63) is 0 Å². The number of carbonyl (C=O) groups is 1. The largest absolute Gasteiger partial charge is 0.337 e. The predicted molar refractivity (Wildman–Crippen MR) is 53.5 cm³/mol. The van der Waals surface area contributed by atoms with Gasteiger partial charge in [0.05, 0.1) is 17.5 Å². The van der Waals surface area contributed by atoms with E-state index in [1.165, 1.54) is 0 Å². The molecule has 0 radical (unpaired) electrons. The van der Waals surface area contributed by atoms with Crippen LogP contribution in [0, 0.1) is 0 Å². The van der Waals surface area contributed by atoms with Crippen LogP contribution in [0.15, 0.2) is 0 Å². The maximum absolute atomic E-state index is 11.5. The number of amides is 1. The van der Waals surface area contributed by atoms with E-state index < -0.39 is 15.9 Å². The van der Waals surface area contributed by atoms with Crippen molar-refractivity contribution < 1.29 is 13.2 Å². The van der Waals surface area contributed by atoms with Gasteiger partial charge in [0, 0.05) is 12.6 Å². The van der Waals surface area contributed by atoms with Crippen molar-refractivity contribution in [2.45, 2.75) is 25.9 Å². The second-order valence-electron chi connectivity index (χ2n) is 3.78. The SMILES string of the molecule is CC(N)C(=O)N1CCS(=O)(=O)CC1C. The van der Waals surface area contributed by atoms with Gasteiger partial charge in [-0.3, -0.25) is 4.79 Å². The lowest BCUT2D eigenvalue weighted by molar-refractivity contribution is -0.133. The minimum absolute atomic E-state index is 0.0471. The molecule has 1 heterocycles. The van der Waals surface area contributed by atoms with Crippen LogP contribution in [0.3, 0.4) is 0 Å². The van der Waals surface area contributed by atoms with Crippen molar-refractivity contribution >= 4 is 15.7 Å². The van der Waals surface area contributed by atoms with Crippen LogP contribution in [-0.2, 0) is 14.6 Å². The predicted octanol–water partition coefficient (Wildman–Crippen LogP) is -1.02. The van der Waals surface area contributed by atoms with E-state index >= 15 is 0 Å². The summed E-state index contributed by atoms with van der Waals surface area (Å²) in [5.74, 6) is -0.0752. The summed E-state index contributed by atoms with van der Waals surface area (Å²) < 4.78 is 22.5. The summed E-state index contributed by atoms with van der Waals surface area (Å²) in [6, 6.07) is -0.814. The molecule has 82 valence electrons. The molecule has 6 heteroatoms. The van der Waals surface area contributed by atoms with Crippen molar-refractivity contribution in [1.82, 2.24) is 4.90 Å². The van der Waals surface area contributed by atoms with Crippen molar-refractivity contribution in [2.75, 3.05) is 18.1 Å². The third-order valence-electron chi connectivity index (χ3n) is 2.34. The standard InChI is InChI=1S/C8H16N2O3S/c1-6-5-14(12,13)4-3-10(6)8(11)7(2)9/h6-7H,3-5,9H2,1-2H3. The van der Waals surface area contributed by atoms with E-state index in [-0.39, 0.29) is 30.0 Å². The Morgan fingerprint density at radius 1 is 1.57 bits per heavy atom. The Hall–Kier alpha value is -0.620. The second-order valence-corrected chi connectivity index (χ2v) is 6.01. The molecule has 0 saturated carbocycles. The van der Waals surface area contributed by atoms with Crippen LogP contribution >= 0.6 is 0 Å². The molecule has 1 rings (SSSR count). The summed E-state index contributed by atoms with van der Waals surface area (Å²) in [5.41, 5.74) is 5.46. The van der Waals surface area contributed by atoms with Gasteiger partial charge in [0.25, 0.3) is 0 Å². The summed E-state index contributed by atoms with van der Waals surface area (Å²) in [5, 5.41) is 0. The molecule has 0 spiro atoms. The number of hydrogen-bond donors (Lipinski definition) is 1. The molecular formula is C8H16N2O3S. The molecule has 1 saturated heterocycles. The molecule has 2 unspecified atom stereocenters. The molecule has 1 amide bonds. The van der Waals surface area contributed by atoms with Crippen LogP contribution in [0.4, 0.5) is 0 Å². The van der Waals surface area contributed by atoms with Crippen LogP contribution in [-0.4, -0.2) is 49.4 Å². The molecule has 1 fully saturated rings. The first-order valence-electron chi connectivity index (χ1n) is 4.60. The topological polar surface area (TPSA) is 80.5 Å². The highest BCUT2D eigenvalue weighted by atomic mass is 32.2. The molecule has 0 aromatic heterocycles. The number of nitrogens with two attached hydrogens (primary N) is 1. The summed E-state index contributed by atoms with van der Waals surface area (Å²) in [4.78, 5) is 13.1. The van der Waals surface area contributed by atoms with Gasteiger partial charge in [-0.15, -0.1) is 0 Å². The number of sulfone groups is 1. The van der Waals surface area contributed by atoms with E-state index in [4.69, 9.17) is 5.73 Å². The lowest BCUT2D eigenvalue weighted by Gasteiger charge is -2.34. The second kappa shape index (κ2) is 3.86. The Balaban J connectivity index is 2.72. The third-order valence-corrected chi connectivity index (χ3v) is 4.14. The van der Waals surface area contributed by atoms with Gasteiger partial charge < -0.3 is 10.6 Å². The lowest BCUT2D eigenvalue weighted by Crippen LogP contribution is -2.53. The van der Waals surface area contributed by atoms with Crippen molar-refractivity contribution in [2.24, 2.45) is 5.73 Å². The average Bonchev–Trinajstić information content (AvgIpc) is 2.01. The van der Waals surface area contributed by atoms with Gasteiger partial charge in [0.15, 0.2) is 9.84 Å². The Labute approximate surface area is 84.2 Å². The van der Waals surface area contributed by atoms with Crippen LogP contribution in [0.2, 0.25) is 0 Å². The zero-order valence-corrected chi connectivity index (χ0v) is 9.25. The van der Waals surface area contributed by atoms with E-state index in [1.54, 1.807) is 18.7 Å². The van der Waals surface area contributed by atoms with Gasteiger partial charge >= 0.3 is 0 Å². The number of hydrogen-bond acceptors (Lipinski definition) is 4. The van der Waals surface area contributed by atoms with Gasteiger partial charge in [-0.05, 0) is 13.8 Å². The Morgan fingerprint density at radius 3 is 2.57 bits per heavy atom. The van der Waals surface area contributed by atoms with Crippen molar-refractivity contribution in [1.29, 1.82) is 0 Å². The molecule has 1 aliphatic rings. The summed E-state index contributed by atoms with van der Waals surface area (Å²) >= 11 is 0. The molecule has 1 aliphatic heterocycles. The first-order chi connectivity index (χ1) is 6.33. The highest BCUT2D eigenvalue weighted by molar-refractivity contribution is 7.91. The molecule has 0 aromatic carbocycles. The molecule has 14 heavy (non-hydrogen) atoms. The van der Waals surface area contributed by atoms with Crippen molar-refractivity contribution in [3.8, 4) is 0 Å². The fourth-order valence-corrected chi connectivity index (χ4v) is 3.14. The van der Waals surface area contributed by atoms with Gasteiger partial charge in [0.1, 0.15) is 0 Å². The normalized spacial score (nSPS) is 28.5. The van der Waals surface area contributed by atoms with Crippen LogP contribution in [0.5, 0.6) is 0 Å². The summed E-state index contributed by atoms with van der Waals surface area (Å²) in [6.07, 6.45) is 0. The first-order valence-corrected chi connectivity index (χ1v) is 6.42. The quantitative estimate of drug-likeness (QED) is 0.613. The highest BCUT2D eigenvalue weighted by Gasteiger charge is 2.31. The van der Waals surface area contributed by atoms with Gasteiger partial charge in [0.2, 0.25) is 5.91 Å². The molecule has 0 bridgehead atoms. The number of carbonyl (C=O) groups excluding carboxylic acids is 1. The van der Waals surface area contributed by atoms with Gasteiger partial charge in [-0.25, -0.2) is 8.42 Å². The lowest BCUT2D eigenvalue weighted by atomic mass is 10.2. The summed E-state index contributed by atoms with van der Waals surface area (Å²) in [7, 11) is -2.96. The van der Waals surface area contributed by atoms with Crippen LogP contribution in [0.1, 0.15) is 13.8 Å². The molecular weight excluding hydrogens is 204 g/mol. The third kappa shape index (κ3) is 2.45. The number of nitrogens with zero attached hydrogens (tertiary/aromatic N) is 1. The summed E-state index contributed by atoms with van der Waals surface area (Å²) in [6.45, 7) is 3.61. The van der Waals surface area contributed by atoms with Crippen molar-refractivity contribution in [3.63, 3.8) is 0 Å². The molecule has 0 aliphatic carbocycles. The van der Waals surface area contributed by atoms with E-state index in [2.05, 4.69) is 0 Å².